The Labute approximate surface area is 130 Å². The molecule has 0 spiro atoms. The highest BCUT2D eigenvalue weighted by Crippen LogP contribution is 2.23. The van der Waals surface area contributed by atoms with E-state index in [1.54, 1.807) is 16.7 Å². The topological polar surface area (TPSA) is 17.1 Å². The van der Waals surface area contributed by atoms with Crippen molar-refractivity contribution in [1.82, 2.24) is 0 Å². The Balaban J connectivity index is 1.96. The van der Waals surface area contributed by atoms with E-state index in [9.17, 15) is 4.21 Å². The molecule has 1 aromatic carbocycles. The zero-order valence-corrected chi connectivity index (χ0v) is 14.1. The van der Waals surface area contributed by atoms with Crippen LogP contribution in [0.5, 0.6) is 0 Å². The number of rotatable bonds is 4. The van der Waals surface area contributed by atoms with Crippen LogP contribution in [0.4, 0.5) is 0 Å². The molecule has 0 aliphatic rings. The largest absolute Gasteiger partial charge is 0.255 e. The molecule has 0 saturated heterocycles. The lowest BCUT2D eigenvalue weighted by atomic mass is 10.2. The summed E-state index contributed by atoms with van der Waals surface area (Å²) in [6.07, 6.45) is 1.91. The standard InChI is InChI=1S/C13H10Br2OS2/c14-11-3-1-10(2-4-11)9-18(16)8-7-12-5-6-13(15)17-12/h1-8H,9H2. The van der Waals surface area contributed by atoms with Crippen LogP contribution in [0.15, 0.2) is 50.1 Å². The zero-order chi connectivity index (χ0) is 13.0. The number of thiophene rings is 1. The molecule has 0 fully saturated rings. The van der Waals surface area contributed by atoms with Crippen molar-refractivity contribution in [2.24, 2.45) is 0 Å². The second-order valence-electron chi connectivity index (χ2n) is 3.60. The monoisotopic (exact) mass is 404 g/mol. The third-order valence-electron chi connectivity index (χ3n) is 2.20. The number of halogens is 2. The summed E-state index contributed by atoms with van der Waals surface area (Å²) in [5.74, 6) is 0.552. The van der Waals surface area contributed by atoms with Gasteiger partial charge in [0.15, 0.2) is 0 Å². The maximum Gasteiger partial charge on any atom is 0.0704 e. The van der Waals surface area contributed by atoms with Crippen LogP contribution in [-0.4, -0.2) is 4.21 Å². The van der Waals surface area contributed by atoms with Crippen LogP contribution < -0.4 is 0 Å². The van der Waals surface area contributed by atoms with Crippen LogP contribution in [0.25, 0.3) is 6.08 Å². The van der Waals surface area contributed by atoms with Crippen molar-refractivity contribution in [3.8, 4) is 0 Å². The average Bonchev–Trinajstić information content (AvgIpc) is 2.76. The molecule has 0 amide bonds. The minimum atomic E-state index is -0.973. The smallest absolute Gasteiger partial charge is 0.0704 e. The Kier molecular flexibility index (Phi) is 5.36. The summed E-state index contributed by atoms with van der Waals surface area (Å²) in [6.45, 7) is 0. The van der Waals surface area contributed by atoms with Gasteiger partial charge < -0.3 is 0 Å². The molecule has 0 radical (unpaired) electrons. The molecule has 94 valence electrons. The van der Waals surface area contributed by atoms with Gasteiger partial charge in [0.25, 0.3) is 0 Å². The normalized spacial score (nSPS) is 13.0. The minimum absolute atomic E-state index is 0.552. The Morgan fingerprint density at radius 2 is 1.83 bits per heavy atom. The molecule has 0 aliphatic heterocycles. The highest BCUT2D eigenvalue weighted by Gasteiger charge is 1.99. The lowest BCUT2D eigenvalue weighted by molar-refractivity contribution is 0.688. The molecule has 1 unspecified atom stereocenters. The predicted molar refractivity (Wildman–Crippen MR) is 87.0 cm³/mol. The summed E-state index contributed by atoms with van der Waals surface area (Å²) in [5, 5.41) is 1.75. The van der Waals surface area contributed by atoms with E-state index in [2.05, 4.69) is 31.9 Å². The molecule has 0 aliphatic carbocycles. The first-order valence-corrected chi connectivity index (χ1v) is 8.97. The fourth-order valence-corrected chi connectivity index (χ4v) is 3.95. The average molecular weight is 406 g/mol. The predicted octanol–water partition coefficient (Wildman–Crippen LogP) is 5.19. The molecule has 5 heteroatoms. The van der Waals surface area contributed by atoms with Crippen molar-refractivity contribution < 1.29 is 4.21 Å². The Morgan fingerprint density at radius 1 is 1.11 bits per heavy atom. The van der Waals surface area contributed by atoms with Gasteiger partial charge in [0.05, 0.1) is 20.3 Å². The van der Waals surface area contributed by atoms with Crippen molar-refractivity contribution in [1.29, 1.82) is 0 Å². The summed E-state index contributed by atoms with van der Waals surface area (Å²) >= 11 is 8.41. The van der Waals surface area contributed by atoms with E-state index in [0.717, 1.165) is 18.7 Å². The van der Waals surface area contributed by atoms with Crippen LogP contribution in [0, 0.1) is 0 Å². The fraction of sp³-hybridized carbons (Fsp3) is 0.0769. The number of hydrogen-bond donors (Lipinski definition) is 0. The summed E-state index contributed by atoms with van der Waals surface area (Å²) in [5.41, 5.74) is 1.08. The van der Waals surface area contributed by atoms with Crippen molar-refractivity contribution in [2.45, 2.75) is 5.75 Å². The van der Waals surface area contributed by atoms with Gasteiger partial charge in [-0.25, -0.2) is 0 Å². The van der Waals surface area contributed by atoms with Crippen LogP contribution in [0.3, 0.4) is 0 Å². The highest BCUT2D eigenvalue weighted by molar-refractivity contribution is 9.11. The molecule has 1 atom stereocenters. The molecule has 2 rings (SSSR count). The summed E-state index contributed by atoms with van der Waals surface area (Å²) in [6, 6.07) is 11.9. The molecule has 1 aromatic heterocycles. The Bertz CT molecular complexity index is 573. The van der Waals surface area contributed by atoms with Crippen LogP contribution in [0.2, 0.25) is 0 Å². The zero-order valence-electron chi connectivity index (χ0n) is 9.31. The van der Waals surface area contributed by atoms with Crippen LogP contribution in [-0.2, 0) is 16.6 Å². The molecular formula is C13H10Br2OS2. The van der Waals surface area contributed by atoms with Crippen LogP contribution >= 0.6 is 43.2 Å². The molecular weight excluding hydrogens is 396 g/mol. The van der Waals surface area contributed by atoms with Gasteiger partial charge in [-0.2, -0.15) is 0 Å². The molecule has 18 heavy (non-hydrogen) atoms. The van der Waals surface area contributed by atoms with Crippen molar-refractivity contribution in [2.75, 3.05) is 0 Å². The second-order valence-corrected chi connectivity index (χ2v) is 8.33. The van der Waals surface area contributed by atoms with Gasteiger partial charge in [-0.05, 0) is 51.8 Å². The van der Waals surface area contributed by atoms with Crippen LogP contribution in [0.1, 0.15) is 10.4 Å². The third-order valence-corrected chi connectivity index (χ3v) is 5.38. The quantitative estimate of drug-likeness (QED) is 0.683. The molecule has 0 bridgehead atoms. The van der Waals surface area contributed by atoms with Gasteiger partial charge in [-0.3, -0.25) is 4.21 Å². The van der Waals surface area contributed by atoms with E-state index in [4.69, 9.17) is 0 Å². The van der Waals surface area contributed by atoms with Gasteiger partial charge in [-0.1, -0.05) is 28.1 Å². The Hall–Kier alpha value is -0.230. The van der Waals surface area contributed by atoms with Crippen molar-refractivity contribution in [3.05, 3.63) is 60.5 Å². The first-order valence-electron chi connectivity index (χ1n) is 5.18. The highest BCUT2D eigenvalue weighted by atomic mass is 79.9. The van der Waals surface area contributed by atoms with Gasteiger partial charge in [0.2, 0.25) is 0 Å². The molecule has 0 saturated carbocycles. The van der Waals surface area contributed by atoms with E-state index >= 15 is 0 Å². The summed E-state index contributed by atoms with van der Waals surface area (Å²) in [7, 11) is -0.973. The fourth-order valence-electron chi connectivity index (χ4n) is 1.35. The second kappa shape index (κ2) is 6.80. The first kappa shape index (κ1) is 14.2. The maximum absolute atomic E-state index is 11.9. The molecule has 2 aromatic rings. The SMILES string of the molecule is O=S(C=Cc1ccc(Br)s1)Cc1ccc(Br)cc1. The molecule has 1 nitrogen and oxygen atoms in total. The van der Waals surface area contributed by atoms with Gasteiger partial charge >= 0.3 is 0 Å². The van der Waals surface area contributed by atoms with E-state index in [0.29, 0.717) is 5.75 Å². The summed E-state index contributed by atoms with van der Waals surface area (Å²) in [4.78, 5) is 1.10. The van der Waals surface area contributed by atoms with Gasteiger partial charge in [0, 0.05) is 14.8 Å². The van der Waals surface area contributed by atoms with E-state index < -0.39 is 10.8 Å². The third kappa shape index (κ3) is 4.46. The Morgan fingerprint density at radius 3 is 2.44 bits per heavy atom. The number of benzene rings is 1. The van der Waals surface area contributed by atoms with E-state index in [1.807, 2.05) is 42.5 Å². The van der Waals surface area contributed by atoms with E-state index in [-0.39, 0.29) is 0 Å². The maximum atomic E-state index is 11.9. The molecule has 0 N–H and O–H groups in total. The van der Waals surface area contributed by atoms with Gasteiger partial charge in [0.1, 0.15) is 0 Å². The number of hydrogen-bond acceptors (Lipinski definition) is 2. The lowest BCUT2D eigenvalue weighted by Gasteiger charge is -1.98. The minimum Gasteiger partial charge on any atom is -0.255 e. The summed E-state index contributed by atoms with van der Waals surface area (Å²) < 4.78 is 14.0. The van der Waals surface area contributed by atoms with Crippen molar-refractivity contribution in [3.63, 3.8) is 0 Å². The van der Waals surface area contributed by atoms with E-state index in [1.165, 1.54) is 0 Å². The molecule has 1 heterocycles. The lowest BCUT2D eigenvalue weighted by Crippen LogP contribution is -1.90. The van der Waals surface area contributed by atoms with Gasteiger partial charge in [-0.15, -0.1) is 11.3 Å². The van der Waals surface area contributed by atoms with Crippen molar-refractivity contribution >= 4 is 60.1 Å². The first-order chi connectivity index (χ1) is 8.63.